The van der Waals surface area contributed by atoms with Gasteiger partial charge < -0.3 is 14.8 Å². The highest BCUT2D eigenvalue weighted by Gasteiger charge is 2.03. The van der Waals surface area contributed by atoms with Crippen molar-refractivity contribution in [1.29, 1.82) is 0 Å². The first-order valence-corrected chi connectivity index (χ1v) is 6.78. The first-order valence-electron chi connectivity index (χ1n) is 6.78. The lowest BCUT2D eigenvalue weighted by Gasteiger charge is -2.13. The predicted molar refractivity (Wildman–Crippen MR) is 76.3 cm³/mol. The molecule has 2 aromatic rings. The van der Waals surface area contributed by atoms with Crippen molar-refractivity contribution in [3.05, 3.63) is 54.0 Å². The molecule has 102 valence electrons. The largest absolute Gasteiger partial charge is 0.508 e. The highest BCUT2D eigenvalue weighted by molar-refractivity contribution is 5.25. The molecule has 0 saturated carbocycles. The Hall–Kier alpha value is -1.74. The van der Waals surface area contributed by atoms with Crippen molar-refractivity contribution in [3.63, 3.8) is 0 Å². The number of phenols is 1. The van der Waals surface area contributed by atoms with E-state index in [-0.39, 0.29) is 0 Å². The van der Waals surface area contributed by atoms with Gasteiger partial charge in [-0.2, -0.15) is 0 Å². The topological polar surface area (TPSA) is 45.4 Å². The molecule has 0 radical (unpaired) electrons. The number of phenolic OH excluding ortho intramolecular Hbond substituents is 1. The zero-order valence-corrected chi connectivity index (χ0v) is 11.3. The number of rotatable bonds is 7. The van der Waals surface area contributed by atoms with Gasteiger partial charge in [-0.15, -0.1) is 0 Å². The number of benzene rings is 1. The van der Waals surface area contributed by atoms with Gasteiger partial charge in [0.05, 0.1) is 6.26 Å². The summed E-state index contributed by atoms with van der Waals surface area (Å²) in [6, 6.07) is 11.8. The smallest absolute Gasteiger partial charge is 0.115 e. The van der Waals surface area contributed by atoms with Gasteiger partial charge >= 0.3 is 0 Å². The second-order valence-electron chi connectivity index (χ2n) is 4.89. The summed E-state index contributed by atoms with van der Waals surface area (Å²) in [6.45, 7) is 3.14. The van der Waals surface area contributed by atoms with E-state index in [2.05, 4.69) is 12.2 Å². The normalized spacial score (nSPS) is 12.5. The van der Waals surface area contributed by atoms with Crippen LogP contribution in [0.3, 0.4) is 0 Å². The van der Waals surface area contributed by atoms with E-state index in [1.54, 1.807) is 18.4 Å². The molecule has 0 fully saturated rings. The molecule has 2 rings (SSSR count). The predicted octanol–water partition coefficient (Wildman–Crippen LogP) is 3.14. The second kappa shape index (κ2) is 7.00. The fourth-order valence-corrected chi connectivity index (χ4v) is 2.04. The van der Waals surface area contributed by atoms with Gasteiger partial charge in [0.2, 0.25) is 0 Å². The van der Waals surface area contributed by atoms with Crippen LogP contribution in [0.15, 0.2) is 47.1 Å². The lowest BCUT2D eigenvalue weighted by molar-refractivity contribution is 0.461. The quantitative estimate of drug-likeness (QED) is 0.803. The van der Waals surface area contributed by atoms with Gasteiger partial charge in [-0.1, -0.05) is 12.1 Å². The molecule has 1 atom stereocenters. The highest BCUT2D eigenvalue weighted by atomic mass is 16.3. The minimum Gasteiger partial charge on any atom is -0.508 e. The molecular weight excluding hydrogens is 238 g/mol. The summed E-state index contributed by atoms with van der Waals surface area (Å²) in [5.74, 6) is 1.37. The fraction of sp³-hybridized carbons (Fsp3) is 0.375. The van der Waals surface area contributed by atoms with Gasteiger partial charge in [-0.05, 0) is 56.1 Å². The van der Waals surface area contributed by atoms with E-state index < -0.39 is 0 Å². The minimum atomic E-state index is 0.323. The van der Waals surface area contributed by atoms with Gasteiger partial charge in [0, 0.05) is 12.5 Å². The molecule has 1 aromatic carbocycles. The van der Waals surface area contributed by atoms with Crippen LogP contribution in [0.1, 0.15) is 24.7 Å². The van der Waals surface area contributed by atoms with Crippen LogP contribution in [0.2, 0.25) is 0 Å². The van der Waals surface area contributed by atoms with Crippen molar-refractivity contribution in [2.45, 2.75) is 32.2 Å². The maximum Gasteiger partial charge on any atom is 0.115 e. The molecule has 19 heavy (non-hydrogen) atoms. The lowest BCUT2D eigenvalue weighted by atomic mass is 10.1. The van der Waals surface area contributed by atoms with Crippen LogP contribution in [0.25, 0.3) is 0 Å². The standard InChI is InChI=1S/C16H21NO2/c1-13(4-9-16-3-2-12-19-16)17-11-10-14-5-7-15(18)8-6-14/h2-3,5-8,12-13,17-18H,4,9-11H2,1H3. The molecule has 0 aliphatic carbocycles. The molecule has 3 nitrogen and oxygen atoms in total. The Morgan fingerprint density at radius 3 is 2.63 bits per heavy atom. The molecule has 2 N–H and O–H groups in total. The zero-order chi connectivity index (χ0) is 13.5. The summed E-state index contributed by atoms with van der Waals surface area (Å²) >= 11 is 0. The average Bonchev–Trinajstić information content (AvgIpc) is 2.92. The Balaban J connectivity index is 1.63. The minimum absolute atomic E-state index is 0.323. The molecule has 0 spiro atoms. The molecule has 0 bridgehead atoms. The number of aryl methyl sites for hydroxylation is 1. The van der Waals surface area contributed by atoms with E-state index in [1.165, 1.54) is 5.56 Å². The van der Waals surface area contributed by atoms with Crippen molar-refractivity contribution in [3.8, 4) is 5.75 Å². The van der Waals surface area contributed by atoms with Gasteiger partial charge in [0.25, 0.3) is 0 Å². The molecule has 1 heterocycles. The summed E-state index contributed by atoms with van der Waals surface area (Å²) in [4.78, 5) is 0. The highest BCUT2D eigenvalue weighted by Crippen LogP contribution is 2.10. The van der Waals surface area contributed by atoms with Gasteiger partial charge in [0.15, 0.2) is 0 Å². The Kier molecular flexibility index (Phi) is 5.04. The van der Waals surface area contributed by atoms with Crippen LogP contribution in [0.4, 0.5) is 0 Å². The third-order valence-corrected chi connectivity index (χ3v) is 3.25. The molecule has 3 heteroatoms. The average molecular weight is 259 g/mol. The Labute approximate surface area is 114 Å². The van der Waals surface area contributed by atoms with Crippen molar-refractivity contribution in [2.75, 3.05) is 6.54 Å². The summed E-state index contributed by atoms with van der Waals surface area (Å²) in [6.07, 6.45) is 4.74. The second-order valence-corrected chi connectivity index (χ2v) is 4.89. The Bertz CT molecular complexity index is 462. The summed E-state index contributed by atoms with van der Waals surface area (Å²) in [5.41, 5.74) is 1.24. The molecule has 0 amide bonds. The SMILES string of the molecule is CC(CCc1ccco1)NCCc1ccc(O)cc1. The number of hydrogen-bond donors (Lipinski definition) is 2. The third kappa shape index (κ3) is 4.79. The summed E-state index contributed by atoms with van der Waals surface area (Å²) in [5, 5.41) is 12.7. The van der Waals surface area contributed by atoms with Crippen LogP contribution in [0, 0.1) is 0 Å². The molecule has 1 aromatic heterocycles. The van der Waals surface area contributed by atoms with Crippen molar-refractivity contribution in [2.24, 2.45) is 0 Å². The molecule has 1 unspecified atom stereocenters. The zero-order valence-electron chi connectivity index (χ0n) is 11.3. The van der Waals surface area contributed by atoms with E-state index in [9.17, 15) is 5.11 Å². The van der Waals surface area contributed by atoms with E-state index in [0.29, 0.717) is 11.8 Å². The van der Waals surface area contributed by atoms with E-state index in [0.717, 1.165) is 31.6 Å². The maximum atomic E-state index is 9.21. The Morgan fingerprint density at radius 2 is 1.95 bits per heavy atom. The van der Waals surface area contributed by atoms with Crippen LogP contribution < -0.4 is 5.32 Å². The van der Waals surface area contributed by atoms with E-state index in [1.807, 2.05) is 24.3 Å². The molecular formula is C16H21NO2. The van der Waals surface area contributed by atoms with Gasteiger partial charge in [0.1, 0.15) is 11.5 Å². The number of furan rings is 1. The van der Waals surface area contributed by atoms with Gasteiger partial charge in [-0.25, -0.2) is 0 Å². The first kappa shape index (κ1) is 13.7. The molecule has 0 aliphatic heterocycles. The Morgan fingerprint density at radius 1 is 1.16 bits per heavy atom. The first-order chi connectivity index (χ1) is 9.24. The van der Waals surface area contributed by atoms with Gasteiger partial charge in [-0.3, -0.25) is 0 Å². The number of aromatic hydroxyl groups is 1. The fourth-order valence-electron chi connectivity index (χ4n) is 2.04. The van der Waals surface area contributed by atoms with E-state index >= 15 is 0 Å². The van der Waals surface area contributed by atoms with Crippen LogP contribution in [-0.4, -0.2) is 17.7 Å². The van der Waals surface area contributed by atoms with Crippen molar-refractivity contribution in [1.82, 2.24) is 5.32 Å². The van der Waals surface area contributed by atoms with Crippen molar-refractivity contribution < 1.29 is 9.52 Å². The van der Waals surface area contributed by atoms with Crippen LogP contribution in [0.5, 0.6) is 5.75 Å². The monoisotopic (exact) mass is 259 g/mol. The number of hydrogen-bond acceptors (Lipinski definition) is 3. The van der Waals surface area contributed by atoms with E-state index in [4.69, 9.17) is 4.42 Å². The summed E-state index contributed by atoms with van der Waals surface area (Å²) in [7, 11) is 0. The molecule has 0 saturated heterocycles. The van der Waals surface area contributed by atoms with Crippen molar-refractivity contribution >= 4 is 0 Å². The third-order valence-electron chi connectivity index (χ3n) is 3.25. The maximum absolute atomic E-state index is 9.21. The number of nitrogens with one attached hydrogen (secondary N) is 1. The van der Waals surface area contributed by atoms with Crippen LogP contribution in [-0.2, 0) is 12.8 Å². The van der Waals surface area contributed by atoms with Crippen LogP contribution >= 0.6 is 0 Å². The molecule has 0 aliphatic rings. The summed E-state index contributed by atoms with van der Waals surface area (Å²) < 4.78 is 5.32. The lowest BCUT2D eigenvalue weighted by Crippen LogP contribution is -2.28.